The summed E-state index contributed by atoms with van der Waals surface area (Å²) in [6.07, 6.45) is 1.89. The van der Waals surface area contributed by atoms with E-state index in [0.717, 1.165) is 44.6 Å². The van der Waals surface area contributed by atoms with Gasteiger partial charge in [-0.05, 0) is 108 Å². The molecule has 1 unspecified atom stereocenters. The summed E-state index contributed by atoms with van der Waals surface area (Å²) in [5.74, 6) is -6.31. The van der Waals surface area contributed by atoms with Crippen LogP contribution in [0, 0.1) is 28.7 Å². The highest BCUT2D eigenvalue weighted by molar-refractivity contribution is 8.14. The number of unbranched alkanes of at least 4 members (excludes halogenated alkanes) is 3. The van der Waals surface area contributed by atoms with Crippen LogP contribution in [0.1, 0.15) is 52.7 Å². The molecule has 0 radical (unpaired) electrons. The van der Waals surface area contributed by atoms with E-state index in [-0.39, 0.29) is 39.0 Å². The van der Waals surface area contributed by atoms with Crippen molar-refractivity contribution in [1.29, 1.82) is 5.41 Å². The number of alkyl halides is 3. The fourth-order valence-electron chi connectivity index (χ4n) is 5.90. The van der Waals surface area contributed by atoms with E-state index in [1.165, 1.54) is 54.6 Å². The van der Waals surface area contributed by atoms with E-state index in [0.29, 0.717) is 65.8 Å². The molecule has 302 valence electrons. The molecule has 7 nitrogen and oxygen atoms in total. The van der Waals surface area contributed by atoms with Crippen molar-refractivity contribution in [3.63, 3.8) is 0 Å². The molecule has 0 saturated carbocycles. The van der Waals surface area contributed by atoms with Crippen LogP contribution in [0.4, 0.5) is 30.7 Å². The summed E-state index contributed by atoms with van der Waals surface area (Å²) in [6.45, 7) is 2.44. The second-order valence-electron chi connectivity index (χ2n) is 13.1. The third kappa shape index (κ3) is 10.9. The summed E-state index contributed by atoms with van der Waals surface area (Å²) in [7, 11) is 0. The molecular weight excluding hydrogens is 792 g/mol. The van der Waals surface area contributed by atoms with Gasteiger partial charge in [-0.25, -0.2) is 22.4 Å². The molecule has 0 aliphatic carbocycles. The van der Waals surface area contributed by atoms with Crippen molar-refractivity contribution in [2.75, 3.05) is 26.4 Å². The van der Waals surface area contributed by atoms with Gasteiger partial charge in [0.25, 0.3) is 0 Å². The molecule has 6 rings (SSSR count). The van der Waals surface area contributed by atoms with Crippen molar-refractivity contribution in [3.05, 3.63) is 130 Å². The number of halogens is 7. The molecule has 5 aromatic rings. The van der Waals surface area contributed by atoms with Crippen LogP contribution in [0.3, 0.4) is 0 Å². The molecule has 0 spiro atoms. The third-order valence-electron chi connectivity index (χ3n) is 8.91. The maximum atomic E-state index is 15.5. The van der Waals surface area contributed by atoms with Gasteiger partial charge < -0.3 is 24.4 Å². The van der Waals surface area contributed by atoms with Crippen molar-refractivity contribution in [2.24, 2.45) is 0 Å². The van der Waals surface area contributed by atoms with Gasteiger partial charge in [0.1, 0.15) is 23.3 Å². The topological polar surface area (TPSA) is 98.2 Å². The number of thioether (sulfide) groups is 1. The second-order valence-corrected chi connectivity index (χ2v) is 14.2. The van der Waals surface area contributed by atoms with Crippen LogP contribution in [0.5, 0.6) is 11.5 Å². The number of epoxide rings is 1. The molecule has 15 heteroatoms. The van der Waals surface area contributed by atoms with Crippen molar-refractivity contribution >= 4 is 45.9 Å². The second kappa shape index (κ2) is 18.8. The highest BCUT2D eigenvalue weighted by atomic mass is 32.2. The molecule has 58 heavy (non-hydrogen) atoms. The van der Waals surface area contributed by atoms with E-state index in [4.69, 9.17) is 24.4 Å². The molecule has 1 N–H and O–H groups in total. The lowest BCUT2D eigenvalue weighted by Crippen LogP contribution is -2.11. The number of carbonyl (C=O) groups excluding carboxylic acids is 2. The van der Waals surface area contributed by atoms with Crippen molar-refractivity contribution < 1.29 is 59.3 Å². The van der Waals surface area contributed by atoms with Gasteiger partial charge in [-0.2, -0.15) is 13.2 Å². The Morgan fingerprint density at radius 3 is 2.24 bits per heavy atom. The Kier molecular flexibility index (Phi) is 13.7. The smallest absolute Gasteiger partial charge is 0.422 e. The van der Waals surface area contributed by atoms with Crippen molar-refractivity contribution in [1.82, 2.24) is 0 Å². The molecule has 1 saturated heterocycles. The zero-order chi connectivity index (χ0) is 41.4. The molecule has 1 aliphatic heterocycles. The largest absolute Gasteiger partial charge is 0.491 e. The van der Waals surface area contributed by atoms with Gasteiger partial charge in [-0.3, -0.25) is 4.79 Å². The average Bonchev–Trinajstić information content (AvgIpc) is 4.01. The number of hydrogen-bond donors (Lipinski definition) is 1. The molecule has 5 aromatic carbocycles. The maximum absolute atomic E-state index is 15.5. The first kappa shape index (κ1) is 42.1. The number of rotatable bonds is 17. The van der Waals surface area contributed by atoms with Crippen molar-refractivity contribution in [3.8, 4) is 22.6 Å². The van der Waals surface area contributed by atoms with E-state index in [2.05, 4.69) is 0 Å². The normalized spacial score (nSPS) is 13.9. The van der Waals surface area contributed by atoms with Crippen LogP contribution < -0.4 is 9.47 Å². The molecule has 1 aliphatic rings. The fraction of sp³-hybridized carbons (Fsp3) is 0.233. The van der Waals surface area contributed by atoms with E-state index < -0.39 is 46.1 Å². The van der Waals surface area contributed by atoms with Crippen molar-refractivity contribution in [2.45, 2.75) is 42.9 Å². The summed E-state index contributed by atoms with van der Waals surface area (Å²) in [6, 6.07) is 16.7. The zero-order valence-corrected chi connectivity index (χ0v) is 31.3. The highest BCUT2D eigenvalue weighted by Crippen LogP contribution is 2.37. The number of hydrogen-bond acceptors (Lipinski definition) is 8. The first-order valence-corrected chi connectivity index (χ1v) is 18.8. The summed E-state index contributed by atoms with van der Waals surface area (Å²) < 4.78 is 118. The molecule has 0 bridgehead atoms. The lowest BCUT2D eigenvalue weighted by molar-refractivity contribution is -0.142. The van der Waals surface area contributed by atoms with E-state index in [9.17, 15) is 35.9 Å². The van der Waals surface area contributed by atoms with Gasteiger partial charge in [0.05, 0.1) is 19.8 Å². The number of carbonyl (C=O) groups is 2. The lowest BCUT2D eigenvalue weighted by Gasteiger charge is -2.12. The zero-order valence-electron chi connectivity index (χ0n) is 30.5. The van der Waals surface area contributed by atoms with Crippen LogP contribution in [0.25, 0.3) is 28.0 Å². The summed E-state index contributed by atoms with van der Waals surface area (Å²) in [5, 5.41) is 7.68. The van der Waals surface area contributed by atoms with Gasteiger partial charge in [0.2, 0.25) is 5.12 Å². The van der Waals surface area contributed by atoms with Crippen LogP contribution in [-0.2, 0) is 20.4 Å². The number of nitrogens with one attached hydrogen (secondary N) is 1. The number of benzene rings is 5. The van der Waals surface area contributed by atoms with Crippen LogP contribution in [-0.4, -0.2) is 49.8 Å². The Labute approximate surface area is 332 Å². The minimum atomic E-state index is -5.26. The minimum absolute atomic E-state index is 0.00568. The summed E-state index contributed by atoms with van der Waals surface area (Å²) in [5.41, 5.74) is -0.454. The SMILES string of the molecule is N=Cc1cc(C(=O)Sc2cc(F)c(C(F)(F)F)c(F)c2)ccc1-c1ccc2c(F)c(OC(=O)/C=C/c3ccc(OCCCCCCOCC4CO4)c(F)c3)ccc2c1. The minimum Gasteiger partial charge on any atom is -0.491 e. The van der Waals surface area contributed by atoms with Gasteiger partial charge in [0, 0.05) is 40.3 Å². The lowest BCUT2D eigenvalue weighted by atomic mass is 9.96. The molecule has 1 fully saturated rings. The Bertz CT molecular complexity index is 2340. The Balaban J connectivity index is 1.04. The van der Waals surface area contributed by atoms with E-state index in [1.807, 2.05) is 0 Å². The number of ether oxygens (including phenoxy) is 4. The predicted octanol–water partition coefficient (Wildman–Crippen LogP) is 11.0. The molecule has 1 heterocycles. The molecule has 0 aromatic heterocycles. The highest BCUT2D eigenvalue weighted by Gasteiger charge is 2.38. The molecule has 0 amide bonds. The monoisotopic (exact) mass is 825 g/mol. The summed E-state index contributed by atoms with van der Waals surface area (Å²) >= 11 is 0.316. The first-order chi connectivity index (χ1) is 27.8. The number of esters is 1. The molecular formula is C43H34F7NO6S. The number of fused-ring (bicyclic) bond motifs is 1. The summed E-state index contributed by atoms with van der Waals surface area (Å²) in [4.78, 5) is 25.1. The van der Waals surface area contributed by atoms with Gasteiger partial charge >= 0.3 is 12.1 Å². The quantitative estimate of drug-likeness (QED) is 0.0146. The Hall–Kier alpha value is -5.51. The predicted molar refractivity (Wildman–Crippen MR) is 204 cm³/mol. The van der Waals surface area contributed by atoms with Gasteiger partial charge in [0.15, 0.2) is 23.1 Å². The molecule has 1 atom stereocenters. The van der Waals surface area contributed by atoms with Crippen LogP contribution >= 0.6 is 11.8 Å². The van der Waals surface area contributed by atoms with Crippen LogP contribution in [0.15, 0.2) is 89.8 Å². The van der Waals surface area contributed by atoms with E-state index in [1.54, 1.807) is 18.2 Å². The third-order valence-corrected chi connectivity index (χ3v) is 9.80. The van der Waals surface area contributed by atoms with Gasteiger partial charge in [-0.15, -0.1) is 0 Å². The maximum Gasteiger partial charge on any atom is 0.422 e. The average molecular weight is 826 g/mol. The first-order valence-electron chi connectivity index (χ1n) is 18.0. The Morgan fingerprint density at radius 2 is 1.55 bits per heavy atom. The Morgan fingerprint density at radius 1 is 0.828 bits per heavy atom. The fourth-order valence-corrected chi connectivity index (χ4v) is 6.68. The van der Waals surface area contributed by atoms with Gasteiger partial charge in [-0.1, -0.05) is 36.8 Å². The van der Waals surface area contributed by atoms with E-state index >= 15 is 4.39 Å². The van der Waals surface area contributed by atoms with Crippen LogP contribution in [0.2, 0.25) is 0 Å². The standard InChI is InChI=1S/C43H34F7NO6S/c44-34-17-25(5-12-37(34)55-16-4-2-1-3-15-54-23-30-24-56-30)6-14-39(52)57-38-13-9-27-18-26(7-11-33(27)41(38)47)32-10-8-28(19-29(32)22-51)42(53)58-31-20-35(45)40(36(46)21-31)43(48,49)50/h5-14,17-22,30,51H,1-4,15-16,23-24H2/b14-6+,51-22?.